The minimum atomic E-state index is -1.55. The van der Waals surface area contributed by atoms with E-state index in [9.17, 15) is 14.4 Å². The molecule has 4 aromatic carbocycles. The Morgan fingerprint density at radius 2 is 1.34 bits per heavy atom. The average molecular weight is 516 g/mol. The van der Waals surface area contributed by atoms with Crippen LogP contribution in [0.5, 0.6) is 0 Å². The number of ketones is 3. The number of halogens is 1. The summed E-state index contributed by atoms with van der Waals surface area (Å²) in [6, 6.07) is 29.6. The number of anilines is 1. The van der Waals surface area contributed by atoms with E-state index in [0.717, 1.165) is 11.3 Å². The third-order valence-corrected chi connectivity index (χ3v) is 8.62. The normalized spacial score (nSPS) is 22.3. The van der Waals surface area contributed by atoms with Crippen molar-refractivity contribution in [2.24, 2.45) is 5.41 Å². The molecule has 7 rings (SSSR count). The first kappa shape index (κ1) is 22.9. The van der Waals surface area contributed by atoms with E-state index in [-0.39, 0.29) is 17.3 Å². The fourth-order valence-electron chi connectivity index (χ4n) is 6.76. The molecule has 5 heteroatoms. The predicted octanol–water partition coefficient (Wildman–Crippen LogP) is 6.66. The fraction of sp³-hybridized carbons (Fsp3) is 0.121. The molecule has 4 aromatic rings. The number of nitrogens with zero attached hydrogens (tertiary/aromatic N) is 1. The minimum absolute atomic E-state index is 0.154. The molecule has 0 amide bonds. The Labute approximate surface area is 225 Å². The van der Waals surface area contributed by atoms with Crippen LogP contribution in [-0.4, -0.2) is 29.4 Å². The van der Waals surface area contributed by atoms with Gasteiger partial charge in [0.1, 0.15) is 11.5 Å². The first-order chi connectivity index (χ1) is 18.5. The van der Waals surface area contributed by atoms with Crippen LogP contribution >= 0.6 is 11.6 Å². The standard InChI is InChI=1S/C33H22ClNO3/c34-25-16-8-7-15-24(25)28-29(30(36)21-11-2-1-3-12-21)35-26-17-9-4-10-20(26)18-19-27(35)33(28)31(37)22-13-5-6-14-23(22)32(33)38/h1-19,27-29H/t27?,28-,29+/m0/s1. The van der Waals surface area contributed by atoms with E-state index in [0.29, 0.717) is 27.3 Å². The van der Waals surface area contributed by atoms with Gasteiger partial charge in [0.05, 0.1) is 6.04 Å². The fourth-order valence-corrected chi connectivity index (χ4v) is 7.01. The molecule has 3 atom stereocenters. The van der Waals surface area contributed by atoms with Gasteiger partial charge in [-0.2, -0.15) is 0 Å². The van der Waals surface area contributed by atoms with Crippen molar-refractivity contribution in [3.63, 3.8) is 0 Å². The highest BCUT2D eigenvalue weighted by Crippen LogP contribution is 2.61. The van der Waals surface area contributed by atoms with Gasteiger partial charge in [0, 0.05) is 33.3 Å². The third-order valence-electron chi connectivity index (χ3n) is 8.28. The highest BCUT2D eigenvalue weighted by molar-refractivity contribution is 6.34. The van der Waals surface area contributed by atoms with Gasteiger partial charge in [-0.3, -0.25) is 14.4 Å². The second kappa shape index (κ2) is 8.37. The summed E-state index contributed by atoms with van der Waals surface area (Å²) in [7, 11) is 0. The molecule has 38 heavy (non-hydrogen) atoms. The Morgan fingerprint density at radius 3 is 2.05 bits per heavy atom. The SMILES string of the molecule is O=C(c1ccccc1)[C@H]1[C@H](c2ccccc2Cl)C2(C(=O)c3ccccc3C2=O)C2C=Cc3ccccc3N21. The summed E-state index contributed by atoms with van der Waals surface area (Å²) in [6.07, 6.45) is 3.88. The Balaban J connectivity index is 1.57. The zero-order valence-corrected chi connectivity index (χ0v) is 21.0. The predicted molar refractivity (Wildman–Crippen MR) is 148 cm³/mol. The van der Waals surface area contributed by atoms with Crippen LogP contribution in [0.4, 0.5) is 5.69 Å². The molecule has 1 spiro atoms. The average Bonchev–Trinajstić information content (AvgIpc) is 3.39. The molecule has 0 saturated carbocycles. The van der Waals surface area contributed by atoms with E-state index in [1.54, 1.807) is 42.5 Å². The lowest BCUT2D eigenvalue weighted by molar-refractivity contribution is 0.0666. The van der Waals surface area contributed by atoms with Crippen LogP contribution in [0.15, 0.2) is 109 Å². The van der Waals surface area contributed by atoms with Gasteiger partial charge in [0.15, 0.2) is 17.3 Å². The molecule has 2 heterocycles. The summed E-state index contributed by atoms with van der Waals surface area (Å²) < 4.78 is 0. The molecule has 1 saturated heterocycles. The number of para-hydroxylation sites is 1. The van der Waals surface area contributed by atoms with E-state index in [4.69, 9.17) is 11.6 Å². The number of fused-ring (bicyclic) bond motifs is 5. The van der Waals surface area contributed by atoms with Crippen molar-refractivity contribution >= 4 is 40.7 Å². The second-order valence-electron chi connectivity index (χ2n) is 10.0. The number of carbonyl (C=O) groups is 3. The Hall–Kier alpha value is -4.28. The molecule has 0 bridgehead atoms. The smallest absolute Gasteiger partial charge is 0.185 e. The summed E-state index contributed by atoms with van der Waals surface area (Å²) in [4.78, 5) is 45.6. The number of Topliss-reactive ketones (excluding diaryl/α,β-unsaturated/α-hetero) is 3. The first-order valence-electron chi connectivity index (χ1n) is 12.6. The summed E-state index contributed by atoms with van der Waals surface area (Å²) in [5, 5.41) is 0.427. The third kappa shape index (κ3) is 2.89. The number of rotatable bonds is 3. The van der Waals surface area contributed by atoms with Crippen LogP contribution in [0.25, 0.3) is 6.08 Å². The van der Waals surface area contributed by atoms with Crippen molar-refractivity contribution in [1.29, 1.82) is 0 Å². The van der Waals surface area contributed by atoms with Gasteiger partial charge < -0.3 is 4.90 Å². The molecule has 3 aliphatic rings. The molecule has 4 nitrogen and oxygen atoms in total. The molecule has 1 fully saturated rings. The van der Waals surface area contributed by atoms with Crippen LogP contribution in [0, 0.1) is 5.41 Å². The topological polar surface area (TPSA) is 54.5 Å². The summed E-state index contributed by atoms with van der Waals surface area (Å²) in [5.41, 5.74) is 2.14. The van der Waals surface area contributed by atoms with Gasteiger partial charge in [-0.05, 0) is 23.3 Å². The summed E-state index contributed by atoms with van der Waals surface area (Å²) in [5.74, 6) is -1.48. The zero-order chi connectivity index (χ0) is 26.0. The molecule has 1 aliphatic carbocycles. The van der Waals surface area contributed by atoms with E-state index in [1.807, 2.05) is 77.7 Å². The maximum Gasteiger partial charge on any atom is 0.185 e. The Kier molecular flexibility index (Phi) is 5.04. The molecule has 2 aliphatic heterocycles. The summed E-state index contributed by atoms with van der Waals surface area (Å²) >= 11 is 6.82. The van der Waals surface area contributed by atoms with E-state index >= 15 is 0 Å². The van der Waals surface area contributed by atoms with Crippen LogP contribution in [-0.2, 0) is 0 Å². The number of hydrogen-bond acceptors (Lipinski definition) is 4. The second-order valence-corrected chi connectivity index (χ2v) is 10.4. The molecule has 1 unspecified atom stereocenters. The van der Waals surface area contributed by atoms with Crippen LogP contribution < -0.4 is 4.90 Å². The monoisotopic (exact) mass is 515 g/mol. The van der Waals surface area contributed by atoms with Crippen LogP contribution in [0.3, 0.4) is 0 Å². The van der Waals surface area contributed by atoms with Crippen LogP contribution in [0.2, 0.25) is 5.02 Å². The minimum Gasteiger partial charge on any atom is -0.352 e. The highest BCUT2D eigenvalue weighted by atomic mass is 35.5. The van der Waals surface area contributed by atoms with E-state index in [2.05, 4.69) is 0 Å². The van der Waals surface area contributed by atoms with E-state index in [1.165, 1.54) is 0 Å². The molecular formula is C33H22ClNO3. The van der Waals surface area contributed by atoms with Gasteiger partial charge in [-0.1, -0.05) is 115 Å². The lowest BCUT2D eigenvalue weighted by Gasteiger charge is -2.37. The molecule has 184 valence electrons. The highest BCUT2D eigenvalue weighted by Gasteiger charge is 2.71. The molecule has 0 radical (unpaired) electrons. The van der Waals surface area contributed by atoms with Crippen molar-refractivity contribution in [1.82, 2.24) is 0 Å². The zero-order valence-electron chi connectivity index (χ0n) is 20.3. The maximum absolute atomic E-state index is 14.6. The Morgan fingerprint density at radius 1 is 0.737 bits per heavy atom. The van der Waals surface area contributed by atoms with Gasteiger partial charge in [0.25, 0.3) is 0 Å². The maximum atomic E-state index is 14.6. The van der Waals surface area contributed by atoms with Crippen molar-refractivity contribution < 1.29 is 14.4 Å². The quantitative estimate of drug-likeness (QED) is 0.226. The van der Waals surface area contributed by atoms with Gasteiger partial charge in [-0.15, -0.1) is 0 Å². The number of carbonyl (C=O) groups excluding carboxylic acids is 3. The van der Waals surface area contributed by atoms with E-state index < -0.39 is 23.4 Å². The number of hydrogen-bond donors (Lipinski definition) is 0. The van der Waals surface area contributed by atoms with Gasteiger partial charge >= 0.3 is 0 Å². The number of benzene rings is 4. The van der Waals surface area contributed by atoms with Crippen molar-refractivity contribution in [2.45, 2.75) is 18.0 Å². The van der Waals surface area contributed by atoms with Crippen molar-refractivity contribution in [3.05, 3.63) is 142 Å². The summed E-state index contributed by atoms with van der Waals surface area (Å²) in [6.45, 7) is 0. The van der Waals surface area contributed by atoms with Gasteiger partial charge in [-0.25, -0.2) is 0 Å². The van der Waals surface area contributed by atoms with Gasteiger partial charge in [0.2, 0.25) is 0 Å². The molecule has 0 aromatic heterocycles. The molecular weight excluding hydrogens is 494 g/mol. The largest absolute Gasteiger partial charge is 0.352 e. The lowest BCUT2D eigenvalue weighted by Crippen LogP contribution is -2.48. The van der Waals surface area contributed by atoms with Crippen molar-refractivity contribution in [2.75, 3.05) is 4.90 Å². The first-order valence-corrected chi connectivity index (χ1v) is 13.0. The Bertz CT molecular complexity index is 1640. The van der Waals surface area contributed by atoms with Crippen LogP contribution in [0.1, 0.15) is 48.1 Å². The van der Waals surface area contributed by atoms with Crippen molar-refractivity contribution in [3.8, 4) is 0 Å². The molecule has 0 N–H and O–H groups in total. The lowest BCUT2D eigenvalue weighted by atomic mass is 9.64.